The summed E-state index contributed by atoms with van der Waals surface area (Å²) in [5.41, 5.74) is -0.221. The van der Waals surface area contributed by atoms with E-state index in [1.54, 1.807) is 0 Å². The summed E-state index contributed by atoms with van der Waals surface area (Å²) < 4.78 is 18.5. The lowest BCUT2D eigenvalue weighted by atomic mass is 10.1. The summed E-state index contributed by atoms with van der Waals surface area (Å²) in [6, 6.07) is 2.08. The van der Waals surface area contributed by atoms with Crippen LogP contribution >= 0.6 is 23.2 Å². The molecule has 4 nitrogen and oxygen atoms in total. The molecule has 0 radical (unpaired) electrons. The second-order valence-electron chi connectivity index (χ2n) is 3.28. The van der Waals surface area contributed by atoms with Gasteiger partial charge in [0.15, 0.2) is 12.4 Å². The van der Waals surface area contributed by atoms with Crippen LogP contribution in [-0.2, 0) is 4.79 Å². The number of halogens is 3. The van der Waals surface area contributed by atoms with Gasteiger partial charge in [-0.15, -0.1) is 11.6 Å². The number of carbonyl (C=O) groups is 2. The molecule has 1 amide bonds. The molecule has 0 heterocycles. The molecule has 0 fully saturated rings. The van der Waals surface area contributed by atoms with E-state index in [1.165, 1.54) is 7.05 Å². The summed E-state index contributed by atoms with van der Waals surface area (Å²) in [6.07, 6.45) is 0. The van der Waals surface area contributed by atoms with Crippen LogP contribution in [0.4, 0.5) is 4.39 Å². The number of amides is 1. The van der Waals surface area contributed by atoms with E-state index in [4.69, 9.17) is 27.9 Å². The highest BCUT2D eigenvalue weighted by Gasteiger charge is 2.15. The molecule has 0 aliphatic heterocycles. The number of ether oxygens (including phenoxy) is 1. The van der Waals surface area contributed by atoms with Crippen molar-refractivity contribution in [2.24, 2.45) is 0 Å². The number of likely N-dealkylation sites (N-methyl/N-ethyl adjacent to an activating group) is 1. The minimum atomic E-state index is -0.780. The van der Waals surface area contributed by atoms with Gasteiger partial charge in [0.2, 0.25) is 0 Å². The van der Waals surface area contributed by atoms with E-state index < -0.39 is 11.6 Å². The molecule has 0 unspecified atom stereocenters. The molecular formula is C11H10Cl2FNO3. The molecule has 0 bridgehead atoms. The summed E-state index contributed by atoms with van der Waals surface area (Å²) >= 11 is 11.1. The standard InChI is InChI=1S/C11H10Cl2FNO3/c1-15-11(17)5-18-10-2-6(9(16)4-12)8(14)3-7(10)13/h2-3H,4-5H2,1H3,(H,15,17). The summed E-state index contributed by atoms with van der Waals surface area (Å²) in [4.78, 5) is 22.3. The number of Topliss-reactive ketones (excluding diaryl/α,β-unsaturated/α-hetero) is 1. The highest BCUT2D eigenvalue weighted by Crippen LogP contribution is 2.28. The summed E-state index contributed by atoms with van der Waals surface area (Å²) in [5.74, 6) is -2.04. The van der Waals surface area contributed by atoms with Gasteiger partial charge in [-0.25, -0.2) is 4.39 Å². The summed E-state index contributed by atoms with van der Waals surface area (Å²) in [5, 5.41) is 2.32. The quantitative estimate of drug-likeness (QED) is 0.667. The normalized spacial score (nSPS) is 10.0. The van der Waals surface area contributed by atoms with E-state index >= 15 is 0 Å². The lowest BCUT2D eigenvalue weighted by Gasteiger charge is -2.09. The van der Waals surface area contributed by atoms with Gasteiger partial charge in [-0.3, -0.25) is 9.59 Å². The highest BCUT2D eigenvalue weighted by molar-refractivity contribution is 6.33. The van der Waals surface area contributed by atoms with Gasteiger partial charge in [0.05, 0.1) is 16.5 Å². The van der Waals surface area contributed by atoms with Crippen LogP contribution in [0.15, 0.2) is 12.1 Å². The molecule has 0 aliphatic carbocycles. The van der Waals surface area contributed by atoms with Crippen molar-refractivity contribution in [3.05, 3.63) is 28.5 Å². The first kappa shape index (κ1) is 14.7. The van der Waals surface area contributed by atoms with Gasteiger partial charge in [0, 0.05) is 7.05 Å². The van der Waals surface area contributed by atoms with E-state index in [9.17, 15) is 14.0 Å². The maximum atomic E-state index is 13.4. The Labute approximate surface area is 113 Å². The highest BCUT2D eigenvalue weighted by atomic mass is 35.5. The smallest absolute Gasteiger partial charge is 0.257 e. The Morgan fingerprint density at radius 3 is 2.67 bits per heavy atom. The van der Waals surface area contributed by atoms with E-state index in [0.717, 1.165) is 12.1 Å². The fraction of sp³-hybridized carbons (Fsp3) is 0.273. The van der Waals surface area contributed by atoms with Gasteiger partial charge in [-0.05, 0) is 12.1 Å². The van der Waals surface area contributed by atoms with E-state index in [1.807, 2.05) is 0 Å². The van der Waals surface area contributed by atoms with Crippen molar-refractivity contribution in [2.45, 2.75) is 0 Å². The Bertz CT molecular complexity index is 480. The Morgan fingerprint density at radius 1 is 1.44 bits per heavy atom. The number of alkyl halides is 1. The van der Waals surface area contributed by atoms with Gasteiger partial charge < -0.3 is 10.1 Å². The number of hydrogen-bond donors (Lipinski definition) is 1. The molecular weight excluding hydrogens is 284 g/mol. The Morgan fingerprint density at radius 2 is 2.11 bits per heavy atom. The number of rotatable bonds is 5. The molecule has 18 heavy (non-hydrogen) atoms. The van der Waals surface area contributed by atoms with Crippen molar-refractivity contribution in [1.29, 1.82) is 0 Å². The third-order valence-corrected chi connectivity index (χ3v) is 2.62. The number of benzene rings is 1. The molecule has 7 heteroatoms. The summed E-state index contributed by atoms with van der Waals surface area (Å²) in [7, 11) is 1.44. The molecule has 0 saturated carbocycles. The molecule has 0 atom stereocenters. The average Bonchev–Trinajstić information content (AvgIpc) is 2.36. The fourth-order valence-corrected chi connectivity index (χ4v) is 1.49. The van der Waals surface area contributed by atoms with Crippen molar-refractivity contribution in [3.63, 3.8) is 0 Å². The third-order valence-electron chi connectivity index (χ3n) is 2.08. The van der Waals surface area contributed by atoms with Crippen molar-refractivity contribution < 1.29 is 18.7 Å². The zero-order valence-corrected chi connectivity index (χ0v) is 10.9. The topological polar surface area (TPSA) is 55.4 Å². The zero-order chi connectivity index (χ0) is 13.7. The molecule has 0 spiro atoms. The monoisotopic (exact) mass is 293 g/mol. The van der Waals surface area contributed by atoms with Crippen LogP contribution in [0.1, 0.15) is 10.4 Å². The van der Waals surface area contributed by atoms with E-state index in [2.05, 4.69) is 5.32 Å². The van der Waals surface area contributed by atoms with Crippen LogP contribution in [-0.4, -0.2) is 31.2 Å². The molecule has 1 N–H and O–H groups in total. The van der Waals surface area contributed by atoms with Gasteiger partial charge in [-0.1, -0.05) is 11.6 Å². The van der Waals surface area contributed by atoms with Gasteiger partial charge in [-0.2, -0.15) is 0 Å². The molecule has 0 aliphatic rings. The van der Waals surface area contributed by atoms with Crippen molar-refractivity contribution in [2.75, 3.05) is 19.5 Å². The predicted octanol–water partition coefficient (Wildman–Crippen LogP) is 2.03. The van der Waals surface area contributed by atoms with Crippen LogP contribution in [0.2, 0.25) is 5.02 Å². The van der Waals surface area contributed by atoms with Gasteiger partial charge >= 0.3 is 0 Å². The third kappa shape index (κ3) is 3.58. The second-order valence-corrected chi connectivity index (χ2v) is 3.96. The van der Waals surface area contributed by atoms with E-state index in [0.29, 0.717) is 0 Å². The molecule has 98 valence electrons. The number of nitrogens with one attached hydrogen (secondary N) is 1. The van der Waals surface area contributed by atoms with Crippen molar-refractivity contribution in [1.82, 2.24) is 5.32 Å². The van der Waals surface area contributed by atoms with Crippen LogP contribution < -0.4 is 10.1 Å². The summed E-state index contributed by atoms with van der Waals surface area (Å²) in [6.45, 7) is -0.281. The fourth-order valence-electron chi connectivity index (χ4n) is 1.14. The number of carbonyl (C=O) groups excluding carboxylic acids is 2. The second kappa shape index (κ2) is 6.56. The maximum Gasteiger partial charge on any atom is 0.257 e. The maximum absolute atomic E-state index is 13.4. The average molecular weight is 294 g/mol. The minimum absolute atomic E-state index is 0.0254. The largest absolute Gasteiger partial charge is 0.482 e. The van der Waals surface area contributed by atoms with Crippen LogP contribution in [0, 0.1) is 5.82 Å². The first-order valence-electron chi connectivity index (χ1n) is 4.91. The Kier molecular flexibility index (Phi) is 5.37. The van der Waals surface area contributed by atoms with Crippen LogP contribution in [0.5, 0.6) is 5.75 Å². The zero-order valence-electron chi connectivity index (χ0n) is 9.43. The predicted molar refractivity (Wildman–Crippen MR) is 66.0 cm³/mol. The van der Waals surface area contributed by atoms with Gasteiger partial charge in [0.1, 0.15) is 11.6 Å². The van der Waals surface area contributed by atoms with E-state index in [-0.39, 0.29) is 34.7 Å². The first-order chi connectivity index (χ1) is 8.49. The van der Waals surface area contributed by atoms with Crippen LogP contribution in [0.25, 0.3) is 0 Å². The molecule has 1 aromatic carbocycles. The first-order valence-corrected chi connectivity index (χ1v) is 5.82. The minimum Gasteiger partial charge on any atom is -0.482 e. The van der Waals surface area contributed by atoms with Crippen molar-refractivity contribution in [3.8, 4) is 5.75 Å². The molecule has 1 aromatic rings. The Hall–Kier alpha value is -1.33. The lowest BCUT2D eigenvalue weighted by molar-refractivity contribution is -0.122. The number of ketones is 1. The number of hydrogen-bond acceptors (Lipinski definition) is 3. The molecule has 1 rings (SSSR count). The molecule has 0 saturated heterocycles. The Balaban J connectivity index is 2.98. The SMILES string of the molecule is CNC(=O)COc1cc(C(=O)CCl)c(F)cc1Cl. The molecule has 0 aromatic heterocycles. The van der Waals surface area contributed by atoms with Crippen molar-refractivity contribution >= 4 is 34.9 Å². The van der Waals surface area contributed by atoms with Crippen LogP contribution in [0.3, 0.4) is 0 Å². The lowest BCUT2D eigenvalue weighted by Crippen LogP contribution is -2.25. The van der Waals surface area contributed by atoms with Gasteiger partial charge in [0.25, 0.3) is 5.91 Å².